The summed E-state index contributed by atoms with van der Waals surface area (Å²) in [4.78, 5) is 0. The van der Waals surface area contributed by atoms with Gasteiger partial charge in [-0.2, -0.15) is 0 Å². The lowest BCUT2D eigenvalue weighted by Crippen LogP contribution is -1.85. The molecule has 0 fully saturated rings. The Hall–Kier alpha value is -2.68. The van der Waals surface area contributed by atoms with E-state index in [4.69, 9.17) is 4.74 Å². The van der Waals surface area contributed by atoms with Gasteiger partial charge in [0.2, 0.25) is 0 Å². The Bertz CT molecular complexity index is 721. The van der Waals surface area contributed by atoms with Crippen LogP contribution < -0.4 is 4.74 Å². The van der Waals surface area contributed by atoms with E-state index in [2.05, 4.69) is 0 Å². The third-order valence-electron chi connectivity index (χ3n) is 2.94. The smallest absolute Gasteiger partial charge is 0.169 e. The highest BCUT2D eigenvalue weighted by Crippen LogP contribution is 2.39. The molecule has 0 unspecified atom stereocenters. The number of rotatable bonds is 2. The Morgan fingerprint density at radius 1 is 0.684 bits per heavy atom. The van der Waals surface area contributed by atoms with Crippen LogP contribution in [0.1, 0.15) is 0 Å². The maximum Gasteiger partial charge on any atom is 0.169 e. The lowest BCUT2D eigenvalue weighted by molar-refractivity contribution is 0.415. The van der Waals surface area contributed by atoms with E-state index in [0.29, 0.717) is 22.3 Å². The molecule has 2 N–H and O–H groups in total. The molecule has 3 rings (SSSR count). The third kappa shape index (κ3) is 2.06. The first-order valence-corrected chi connectivity index (χ1v) is 5.92. The zero-order valence-electron chi connectivity index (χ0n) is 10.1. The second kappa shape index (κ2) is 4.53. The summed E-state index contributed by atoms with van der Waals surface area (Å²) in [5, 5.41) is 21.1. The molecular formula is C16H12O3. The van der Waals surface area contributed by atoms with E-state index in [0.717, 1.165) is 0 Å². The fourth-order valence-corrected chi connectivity index (χ4v) is 2.00. The quantitative estimate of drug-likeness (QED) is 0.723. The fourth-order valence-electron chi connectivity index (χ4n) is 2.00. The van der Waals surface area contributed by atoms with Gasteiger partial charge in [0.05, 0.1) is 0 Å². The number of para-hydroxylation sites is 1. The minimum absolute atomic E-state index is 0.0252. The van der Waals surface area contributed by atoms with Crippen molar-refractivity contribution in [3.8, 4) is 23.0 Å². The van der Waals surface area contributed by atoms with Crippen molar-refractivity contribution < 1.29 is 14.9 Å². The van der Waals surface area contributed by atoms with E-state index in [1.807, 2.05) is 30.3 Å². The predicted molar refractivity (Wildman–Crippen MR) is 73.8 cm³/mol. The molecule has 0 heterocycles. The van der Waals surface area contributed by atoms with E-state index >= 15 is 0 Å². The summed E-state index contributed by atoms with van der Waals surface area (Å²) < 4.78 is 5.63. The first-order valence-electron chi connectivity index (χ1n) is 5.92. The average molecular weight is 252 g/mol. The van der Waals surface area contributed by atoms with Crippen LogP contribution in [0, 0.1) is 0 Å². The molecular weight excluding hydrogens is 240 g/mol. The third-order valence-corrected chi connectivity index (χ3v) is 2.94. The average Bonchev–Trinajstić information content (AvgIpc) is 2.44. The van der Waals surface area contributed by atoms with Crippen LogP contribution in [0.2, 0.25) is 0 Å². The van der Waals surface area contributed by atoms with Gasteiger partial charge in [0.25, 0.3) is 0 Å². The summed E-state index contributed by atoms with van der Waals surface area (Å²) in [6.07, 6.45) is 0. The summed E-state index contributed by atoms with van der Waals surface area (Å²) in [6, 6.07) is 17.6. The van der Waals surface area contributed by atoms with Crippen molar-refractivity contribution in [2.45, 2.75) is 0 Å². The predicted octanol–water partition coefficient (Wildman–Crippen LogP) is 4.04. The maximum absolute atomic E-state index is 10.2. The Labute approximate surface area is 110 Å². The number of hydrogen-bond acceptors (Lipinski definition) is 3. The molecule has 0 bridgehead atoms. The van der Waals surface area contributed by atoms with Gasteiger partial charge in [-0.25, -0.2) is 0 Å². The van der Waals surface area contributed by atoms with Gasteiger partial charge in [0, 0.05) is 10.8 Å². The van der Waals surface area contributed by atoms with E-state index in [1.54, 1.807) is 30.3 Å². The summed E-state index contributed by atoms with van der Waals surface area (Å²) in [7, 11) is 0. The summed E-state index contributed by atoms with van der Waals surface area (Å²) in [5.74, 6) is 1.18. The molecule has 0 aliphatic heterocycles. The van der Waals surface area contributed by atoms with Crippen molar-refractivity contribution >= 4 is 10.8 Å². The van der Waals surface area contributed by atoms with Crippen LogP contribution in [0.4, 0.5) is 0 Å². The molecule has 0 aliphatic rings. The van der Waals surface area contributed by atoms with Gasteiger partial charge in [-0.15, -0.1) is 0 Å². The van der Waals surface area contributed by atoms with Crippen molar-refractivity contribution in [3.63, 3.8) is 0 Å². The zero-order valence-corrected chi connectivity index (χ0v) is 10.1. The molecule has 0 saturated carbocycles. The van der Waals surface area contributed by atoms with Crippen LogP contribution in [0.25, 0.3) is 10.8 Å². The molecule has 3 aromatic carbocycles. The first-order chi connectivity index (χ1) is 9.25. The zero-order chi connectivity index (χ0) is 13.2. The number of hydrogen-bond donors (Lipinski definition) is 2. The molecule has 0 amide bonds. The van der Waals surface area contributed by atoms with Crippen LogP contribution in [-0.4, -0.2) is 10.2 Å². The SMILES string of the molecule is Oc1cccc2c(O)c(Oc3ccccc3)ccc12. The molecule has 0 aliphatic carbocycles. The van der Waals surface area contributed by atoms with E-state index in [-0.39, 0.29) is 11.5 Å². The molecule has 0 spiro atoms. The van der Waals surface area contributed by atoms with Crippen LogP contribution in [-0.2, 0) is 0 Å². The number of aromatic hydroxyl groups is 2. The molecule has 3 aromatic rings. The number of ether oxygens (including phenoxy) is 1. The molecule has 0 saturated heterocycles. The summed E-state index contributed by atoms with van der Waals surface area (Å²) >= 11 is 0. The van der Waals surface area contributed by atoms with Crippen molar-refractivity contribution in [1.82, 2.24) is 0 Å². The highest BCUT2D eigenvalue weighted by atomic mass is 16.5. The van der Waals surface area contributed by atoms with Gasteiger partial charge < -0.3 is 14.9 Å². The van der Waals surface area contributed by atoms with Crippen LogP contribution >= 0.6 is 0 Å². The van der Waals surface area contributed by atoms with Crippen molar-refractivity contribution in [2.24, 2.45) is 0 Å². The van der Waals surface area contributed by atoms with Gasteiger partial charge in [-0.05, 0) is 30.3 Å². The van der Waals surface area contributed by atoms with Crippen molar-refractivity contribution in [2.75, 3.05) is 0 Å². The Morgan fingerprint density at radius 3 is 2.26 bits per heavy atom. The summed E-state index contributed by atoms with van der Waals surface area (Å²) in [6.45, 7) is 0. The van der Waals surface area contributed by atoms with Crippen molar-refractivity contribution in [1.29, 1.82) is 0 Å². The Morgan fingerprint density at radius 2 is 1.47 bits per heavy atom. The standard InChI is InChI=1S/C16H12O3/c17-14-8-4-7-13-12(14)9-10-15(16(13)18)19-11-5-2-1-3-6-11/h1-10,17-18H. The van der Waals surface area contributed by atoms with E-state index in [9.17, 15) is 10.2 Å². The number of benzene rings is 3. The largest absolute Gasteiger partial charge is 0.507 e. The summed E-state index contributed by atoms with van der Waals surface area (Å²) in [5.41, 5.74) is 0. The monoisotopic (exact) mass is 252 g/mol. The Kier molecular flexibility index (Phi) is 2.72. The highest BCUT2D eigenvalue weighted by Gasteiger charge is 2.10. The molecule has 19 heavy (non-hydrogen) atoms. The van der Waals surface area contributed by atoms with E-state index in [1.165, 1.54) is 0 Å². The normalized spacial score (nSPS) is 10.5. The van der Waals surface area contributed by atoms with Gasteiger partial charge >= 0.3 is 0 Å². The second-order valence-corrected chi connectivity index (χ2v) is 4.20. The Balaban J connectivity index is 2.08. The molecule has 0 radical (unpaired) electrons. The van der Waals surface area contributed by atoms with Crippen LogP contribution in [0.5, 0.6) is 23.0 Å². The minimum atomic E-state index is 0.0252. The molecule has 0 aromatic heterocycles. The van der Waals surface area contributed by atoms with Gasteiger partial charge in [-0.3, -0.25) is 0 Å². The minimum Gasteiger partial charge on any atom is -0.507 e. The lowest BCUT2D eigenvalue weighted by atomic mass is 10.1. The number of phenols is 2. The lowest BCUT2D eigenvalue weighted by Gasteiger charge is -2.10. The molecule has 94 valence electrons. The van der Waals surface area contributed by atoms with E-state index < -0.39 is 0 Å². The van der Waals surface area contributed by atoms with Gasteiger partial charge in [0.15, 0.2) is 11.5 Å². The number of fused-ring (bicyclic) bond motifs is 1. The van der Waals surface area contributed by atoms with Gasteiger partial charge in [-0.1, -0.05) is 30.3 Å². The molecule has 0 atom stereocenters. The fraction of sp³-hybridized carbons (Fsp3) is 0. The highest BCUT2D eigenvalue weighted by molar-refractivity contribution is 5.94. The topological polar surface area (TPSA) is 49.7 Å². The first kappa shape index (κ1) is 11.4. The number of phenolic OH excluding ortho intramolecular Hbond substituents is 2. The second-order valence-electron chi connectivity index (χ2n) is 4.20. The van der Waals surface area contributed by atoms with Gasteiger partial charge in [0.1, 0.15) is 11.5 Å². The van der Waals surface area contributed by atoms with Crippen LogP contribution in [0.3, 0.4) is 0 Å². The molecule has 3 nitrogen and oxygen atoms in total. The van der Waals surface area contributed by atoms with Crippen molar-refractivity contribution in [3.05, 3.63) is 60.7 Å². The van der Waals surface area contributed by atoms with Crippen LogP contribution in [0.15, 0.2) is 60.7 Å². The molecule has 3 heteroatoms. The maximum atomic E-state index is 10.2.